The monoisotopic (exact) mass is 361 g/mol. The van der Waals surface area contributed by atoms with Crippen molar-refractivity contribution < 1.29 is 9.59 Å². The Kier molecular flexibility index (Phi) is 5.53. The summed E-state index contributed by atoms with van der Waals surface area (Å²) >= 11 is 0. The van der Waals surface area contributed by atoms with Crippen molar-refractivity contribution in [3.05, 3.63) is 17.0 Å². The average molecular weight is 361 g/mol. The third kappa shape index (κ3) is 3.71. The van der Waals surface area contributed by atoms with E-state index in [2.05, 4.69) is 24.3 Å². The number of aryl methyl sites for hydroxylation is 1. The van der Waals surface area contributed by atoms with Gasteiger partial charge in [-0.2, -0.15) is 5.10 Å². The summed E-state index contributed by atoms with van der Waals surface area (Å²) in [5, 5.41) is 7.65. The molecule has 7 nitrogen and oxygen atoms in total. The molecule has 3 amide bonds. The van der Waals surface area contributed by atoms with E-state index in [0.717, 1.165) is 50.2 Å². The lowest BCUT2D eigenvalue weighted by atomic mass is 10.0. The highest BCUT2D eigenvalue weighted by molar-refractivity contribution is 5.96. The molecule has 0 unspecified atom stereocenters. The highest BCUT2D eigenvalue weighted by atomic mass is 16.2. The van der Waals surface area contributed by atoms with Crippen LogP contribution in [0.5, 0.6) is 0 Å². The second-order valence-electron chi connectivity index (χ2n) is 7.80. The molecule has 144 valence electrons. The fraction of sp³-hybridized carbons (Fsp3) is 0.737. The predicted octanol–water partition coefficient (Wildman–Crippen LogP) is 2.49. The third-order valence-corrected chi connectivity index (χ3v) is 5.52. The summed E-state index contributed by atoms with van der Waals surface area (Å²) in [5.41, 5.74) is 2.38. The van der Waals surface area contributed by atoms with Crippen LogP contribution in [0.15, 0.2) is 0 Å². The van der Waals surface area contributed by atoms with Gasteiger partial charge in [0.05, 0.1) is 11.3 Å². The van der Waals surface area contributed by atoms with Crippen LogP contribution in [0.1, 0.15) is 67.3 Å². The zero-order chi connectivity index (χ0) is 18.8. The van der Waals surface area contributed by atoms with Gasteiger partial charge in [0.15, 0.2) is 0 Å². The number of carbonyl (C=O) groups is 2. The van der Waals surface area contributed by atoms with Crippen LogP contribution in [0.4, 0.5) is 4.79 Å². The minimum absolute atomic E-state index is 0.0452. The molecule has 2 aliphatic heterocycles. The lowest BCUT2D eigenvalue weighted by Gasteiger charge is -2.34. The summed E-state index contributed by atoms with van der Waals surface area (Å²) in [6.45, 7) is 11.2. The maximum Gasteiger partial charge on any atom is 0.319 e. The van der Waals surface area contributed by atoms with Gasteiger partial charge in [-0.15, -0.1) is 0 Å². The van der Waals surface area contributed by atoms with E-state index in [1.807, 2.05) is 28.3 Å². The second kappa shape index (κ2) is 7.68. The summed E-state index contributed by atoms with van der Waals surface area (Å²) < 4.78 is 1.90. The van der Waals surface area contributed by atoms with Crippen LogP contribution in [0.3, 0.4) is 0 Å². The normalized spacial score (nSPS) is 18.7. The molecule has 2 fully saturated rings. The van der Waals surface area contributed by atoms with E-state index in [4.69, 9.17) is 0 Å². The van der Waals surface area contributed by atoms with Crippen molar-refractivity contribution in [2.45, 2.75) is 65.5 Å². The van der Waals surface area contributed by atoms with Crippen LogP contribution < -0.4 is 5.32 Å². The largest absolute Gasteiger partial charge is 0.349 e. The smallest absolute Gasteiger partial charge is 0.319 e. The Morgan fingerprint density at radius 3 is 2.15 bits per heavy atom. The van der Waals surface area contributed by atoms with Gasteiger partial charge >= 0.3 is 6.03 Å². The molecule has 1 N–H and O–H groups in total. The van der Waals surface area contributed by atoms with Crippen molar-refractivity contribution in [2.75, 3.05) is 26.2 Å². The number of likely N-dealkylation sites (tertiary alicyclic amines) is 2. The predicted molar refractivity (Wildman–Crippen MR) is 100 cm³/mol. The number of aromatic nitrogens is 2. The molecule has 1 aromatic heterocycles. The maximum absolute atomic E-state index is 12.8. The zero-order valence-corrected chi connectivity index (χ0v) is 16.4. The standard InChI is InChI=1S/C19H31N5O2/c1-13(2)24-15(4)17(14(3)21-24)18(25)20-16-7-11-23(12-8-16)19(26)22-9-5-6-10-22/h13,16H,5-12H2,1-4H3,(H,20,25). The molecule has 3 heterocycles. The molecule has 0 spiro atoms. The van der Waals surface area contributed by atoms with Crippen LogP contribution >= 0.6 is 0 Å². The molecule has 1 aromatic rings. The van der Waals surface area contributed by atoms with Gasteiger partial charge in [-0.1, -0.05) is 0 Å². The van der Waals surface area contributed by atoms with Crippen molar-refractivity contribution in [3.8, 4) is 0 Å². The van der Waals surface area contributed by atoms with Crippen LogP contribution in [-0.4, -0.2) is 63.7 Å². The first-order valence-corrected chi connectivity index (χ1v) is 9.79. The van der Waals surface area contributed by atoms with Crippen LogP contribution in [0, 0.1) is 13.8 Å². The number of urea groups is 1. The fourth-order valence-electron chi connectivity index (χ4n) is 4.08. The Bertz CT molecular complexity index is 668. The second-order valence-corrected chi connectivity index (χ2v) is 7.80. The van der Waals surface area contributed by atoms with E-state index in [1.54, 1.807) is 0 Å². The van der Waals surface area contributed by atoms with Gasteiger partial charge in [0.1, 0.15) is 0 Å². The van der Waals surface area contributed by atoms with E-state index >= 15 is 0 Å². The molecule has 7 heteroatoms. The lowest BCUT2D eigenvalue weighted by molar-refractivity contribution is 0.0911. The SMILES string of the molecule is Cc1nn(C(C)C)c(C)c1C(=O)NC1CCN(C(=O)N2CCCC2)CC1. The number of hydrogen-bond acceptors (Lipinski definition) is 3. The number of nitrogens with one attached hydrogen (secondary N) is 1. The molecular weight excluding hydrogens is 330 g/mol. The first-order valence-electron chi connectivity index (χ1n) is 9.79. The number of piperidine rings is 1. The summed E-state index contributed by atoms with van der Waals surface area (Å²) in [4.78, 5) is 29.1. The van der Waals surface area contributed by atoms with Gasteiger partial charge < -0.3 is 15.1 Å². The van der Waals surface area contributed by atoms with E-state index in [9.17, 15) is 9.59 Å². The highest BCUT2D eigenvalue weighted by Crippen LogP contribution is 2.19. The van der Waals surface area contributed by atoms with Gasteiger partial charge in [0.2, 0.25) is 0 Å². The Balaban J connectivity index is 1.56. The van der Waals surface area contributed by atoms with E-state index in [-0.39, 0.29) is 24.0 Å². The molecule has 0 aliphatic carbocycles. The summed E-state index contributed by atoms with van der Waals surface area (Å²) in [5.74, 6) is -0.0452. The quantitative estimate of drug-likeness (QED) is 0.899. The fourth-order valence-corrected chi connectivity index (χ4v) is 4.08. The van der Waals surface area contributed by atoms with Crippen molar-refractivity contribution in [3.63, 3.8) is 0 Å². The molecule has 26 heavy (non-hydrogen) atoms. The van der Waals surface area contributed by atoms with Crippen LogP contribution in [-0.2, 0) is 0 Å². The molecule has 3 rings (SSSR count). The molecule has 0 aromatic carbocycles. The zero-order valence-electron chi connectivity index (χ0n) is 16.4. The Morgan fingerprint density at radius 1 is 1.04 bits per heavy atom. The first kappa shape index (κ1) is 18.7. The van der Waals surface area contributed by atoms with Crippen LogP contribution in [0.25, 0.3) is 0 Å². The molecule has 0 atom stereocenters. The number of amides is 3. The molecular formula is C19H31N5O2. The average Bonchev–Trinajstić information content (AvgIpc) is 3.23. The number of hydrogen-bond donors (Lipinski definition) is 1. The summed E-state index contributed by atoms with van der Waals surface area (Å²) in [6, 6.07) is 0.513. The minimum Gasteiger partial charge on any atom is -0.349 e. The maximum atomic E-state index is 12.8. The van der Waals surface area contributed by atoms with Gasteiger partial charge in [-0.05, 0) is 53.4 Å². The molecule has 0 saturated carbocycles. The van der Waals surface area contributed by atoms with E-state index in [1.165, 1.54) is 0 Å². The number of carbonyl (C=O) groups excluding carboxylic acids is 2. The lowest BCUT2D eigenvalue weighted by Crippen LogP contribution is -2.50. The number of nitrogens with zero attached hydrogens (tertiary/aromatic N) is 4. The minimum atomic E-state index is -0.0452. The van der Waals surface area contributed by atoms with Gasteiger partial charge in [-0.25, -0.2) is 4.79 Å². The van der Waals surface area contributed by atoms with Crippen LogP contribution in [0.2, 0.25) is 0 Å². The first-order chi connectivity index (χ1) is 12.4. The van der Waals surface area contributed by atoms with Crippen molar-refractivity contribution >= 4 is 11.9 Å². The third-order valence-electron chi connectivity index (χ3n) is 5.52. The Morgan fingerprint density at radius 2 is 1.62 bits per heavy atom. The van der Waals surface area contributed by atoms with Crippen molar-refractivity contribution in [1.82, 2.24) is 24.9 Å². The topological polar surface area (TPSA) is 70.5 Å². The molecule has 2 aliphatic rings. The van der Waals surface area contributed by atoms with E-state index < -0.39 is 0 Å². The molecule has 0 radical (unpaired) electrons. The van der Waals surface area contributed by atoms with Gasteiger partial charge in [0.25, 0.3) is 5.91 Å². The molecule has 0 bridgehead atoms. The van der Waals surface area contributed by atoms with Crippen molar-refractivity contribution in [1.29, 1.82) is 0 Å². The highest BCUT2D eigenvalue weighted by Gasteiger charge is 2.29. The van der Waals surface area contributed by atoms with E-state index in [0.29, 0.717) is 18.7 Å². The summed E-state index contributed by atoms with van der Waals surface area (Å²) in [7, 11) is 0. The molecule has 2 saturated heterocycles. The number of rotatable bonds is 3. The Hall–Kier alpha value is -2.05. The van der Waals surface area contributed by atoms with Gasteiger partial charge in [0, 0.05) is 44.0 Å². The van der Waals surface area contributed by atoms with Crippen molar-refractivity contribution in [2.24, 2.45) is 0 Å². The Labute approximate surface area is 155 Å². The summed E-state index contributed by atoms with van der Waals surface area (Å²) in [6.07, 6.45) is 3.84. The van der Waals surface area contributed by atoms with Gasteiger partial charge in [-0.3, -0.25) is 9.48 Å².